The van der Waals surface area contributed by atoms with Crippen LogP contribution in [0.25, 0.3) is 0 Å². The standard InChI is InChI=1S/C5H5N.C2H3F3O/c1-2-4-6-5-3-1;3-1-2(4,5)6/h1-5H;6H,1H2. The Morgan fingerprint density at radius 1 is 1.17 bits per heavy atom. The van der Waals surface area contributed by atoms with E-state index < -0.39 is 12.8 Å². The highest BCUT2D eigenvalue weighted by Crippen LogP contribution is 2.06. The van der Waals surface area contributed by atoms with Gasteiger partial charge in [-0.05, 0) is 12.1 Å². The molecule has 1 aromatic rings. The Morgan fingerprint density at radius 2 is 1.58 bits per heavy atom. The summed E-state index contributed by atoms with van der Waals surface area (Å²) >= 11 is 0. The molecule has 0 atom stereocenters. The van der Waals surface area contributed by atoms with Crippen LogP contribution in [0.4, 0.5) is 13.2 Å². The van der Waals surface area contributed by atoms with Crippen molar-refractivity contribution in [1.29, 1.82) is 0 Å². The zero-order valence-corrected chi connectivity index (χ0v) is 6.12. The molecule has 2 nitrogen and oxygen atoms in total. The maximum atomic E-state index is 10.6. The topological polar surface area (TPSA) is 33.1 Å². The third-order valence-corrected chi connectivity index (χ3v) is 0.727. The molecule has 0 bridgehead atoms. The molecule has 68 valence electrons. The highest BCUT2D eigenvalue weighted by Gasteiger charge is 2.22. The summed E-state index contributed by atoms with van der Waals surface area (Å²) in [5.41, 5.74) is 0. The van der Waals surface area contributed by atoms with E-state index in [2.05, 4.69) is 4.98 Å². The molecule has 0 unspecified atom stereocenters. The van der Waals surface area contributed by atoms with Crippen molar-refractivity contribution < 1.29 is 18.3 Å². The van der Waals surface area contributed by atoms with Gasteiger partial charge in [0.25, 0.3) is 0 Å². The van der Waals surface area contributed by atoms with E-state index in [4.69, 9.17) is 5.11 Å². The number of aromatic nitrogens is 1. The minimum absolute atomic E-state index is 1.75. The van der Waals surface area contributed by atoms with Gasteiger partial charge in [0.05, 0.1) is 0 Å². The van der Waals surface area contributed by atoms with E-state index in [1.807, 2.05) is 18.2 Å². The Morgan fingerprint density at radius 3 is 1.67 bits per heavy atom. The van der Waals surface area contributed by atoms with Crippen molar-refractivity contribution >= 4 is 0 Å². The van der Waals surface area contributed by atoms with Crippen molar-refractivity contribution in [3.63, 3.8) is 0 Å². The van der Waals surface area contributed by atoms with Crippen LogP contribution < -0.4 is 0 Å². The lowest BCUT2D eigenvalue weighted by atomic mass is 10.5. The van der Waals surface area contributed by atoms with Crippen LogP contribution in [0.3, 0.4) is 0 Å². The first kappa shape index (κ1) is 10.9. The minimum atomic E-state index is -4.12. The number of hydrogen-bond acceptors (Lipinski definition) is 2. The first-order valence-electron chi connectivity index (χ1n) is 3.07. The monoisotopic (exact) mass is 179 g/mol. The van der Waals surface area contributed by atoms with Crippen LogP contribution in [0.5, 0.6) is 0 Å². The summed E-state index contributed by atoms with van der Waals surface area (Å²) in [6.07, 6.45) is -0.625. The predicted molar refractivity (Wildman–Crippen MR) is 37.4 cm³/mol. The normalized spacial score (nSPS) is 10.0. The number of halogens is 3. The quantitative estimate of drug-likeness (QED) is 0.710. The number of hydrogen-bond donors (Lipinski definition) is 1. The summed E-state index contributed by atoms with van der Waals surface area (Å²) in [6.45, 7) is -2.01. The molecule has 0 saturated heterocycles. The molecular formula is C7H8F3NO. The molecule has 0 saturated carbocycles. The molecule has 5 heteroatoms. The lowest BCUT2D eigenvalue weighted by Crippen LogP contribution is -2.15. The largest absolute Gasteiger partial charge is 0.381 e. The van der Waals surface area contributed by atoms with E-state index in [9.17, 15) is 13.2 Å². The van der Waals surface area contributed by atoms with Gasteiger partial charge in [-0.3, -0.25) is 4.98 Å². The Balaban J connectivity index is 0.000000202. The average Bonchev–Trinajstić information content (AvgIpc) is 2.07. The Hall–Kier alpha value is -1.10. The van der Waals surface area contributed by atoms with Gasteiger partial charge < -0.3 is 5.11 Å². The van der Waals surface area contributed by atoms with Crippen LogP contribution >= 0.6 is 0 Å². The van der Waals surface area contributed by atoms with E-state index >= 15 is 0 Å². The van der Waals surface area contributed by atoms with Gasteiger partial charge >= 0.3 is 6.11 Å². The number of rotatable bonds is 1. The van der Waals surface area contributed by atoms with Crippen molar-refractivity contribution in [2.75, 3.05) is 6.67 Å². The van der Waals surface area contributed by atoms with E-state index in [1.54, 1.807) is 12.4 Å². The first-order valence-corrected chi connectivity index (χ1v) is 3.07. The third kappa shape index (κ3) is 8.90. The van der Waals surface area contributed by atoms with Crippen molar-refractivity contribution in [2.24, 2.45) is 0 Å². The Kier molecular flexibility index (Phi) is 5.03. The second-order valence-electron chi connectivity index (χ2n) is 1.82. The molecule has 0 aliphatic carbocycles. The molecule has 0 aliphatic rings. The lowest BCUT2D eigenvalue weighted by molar-refractivity contribution is -0.208. The predicted octanol–water partition coefficient (Wildman–Crippen LogP) is 1.62. The highest BCUT2D eigenvalue weighted by atomic mass is 19.3. The van der Waals surface area contributed by atoms with Crippen molar-refractivity contribution in [3.8, 4) is 0 Å². The third-order valence-electron chi connectivity index (χ3n) is 0.727. The maximum absolute atomic E-state index is 10.6. The van der Waals surface area contributed by atoms with Gasteiger partial charge in [0, 0.05) is 12.4 Å². The summed E-state index contributed by atoms with van der Waals surface area (Å²) in [6, 6.07) is 5.72. The Bertz CT molecular complexity index is 161. The lowest BCUT2D eigenvalue weighted by Gasteiger charge is -1.97. The van der Waals surface area contributed by atoms with Crippen LogP contribution in [-0.4, -0.2) is 22.9 Å². The second-order valence-corrected chi connectivity index (χ2v) is 1.82. The smallest absolute Gasteiger partial charge is 0.334 e. The number of aliphatic hydroxyl groups is 1. The molecule has 0 aromatic carbocycles. The van der Waals surface area contributed by atoms with Crippen LogP contribution in [0.2, 0.25) is 0 Å². The molecule has 1 rings (SSSR count). The van der Waals surface area contributed by atoms with E-state index in [0.29, 0.717) is 0 Å². The number of pyridine rings is 1. The van der Waals surface area contributed by atoms with Crippen molar-refractivity contribution in [1.82, 2.24) is 4.98 Å². The maximum Gasteiger partial charge on any atom is 0.381 e. The van der Waals surface area contributed by atoms with Gasteiger partial charge in [0.15, 0.2) is 6.67 Å². The van der Waals surface area contributed by atoms with Gasteiger partial charge in [0.2, 0.25) is 0 Å². The van der Waals surface area contributed by atoms with Gasteiger partial charge in [-0.15, -0.1) is 0 Å². The molecule has 1 aromatic heterocycles. The molecule has 0 spiro atoms. The zero-order valence-electron chi connectivity index (χ0n) is 6.12. The zero-order chi connectivity index (χ0) is 9.45. The minimum Gasteiger partial charge on any atom is -0.334 e. The summed E-state index contributed by atoms with van der Waals surface area (Å²) in [5.74, 6) is 0. The van der Waals surface area contributed by atoms with Crippen LogP contribution in [0.1, 0.15) is 0 Å². The van der Waals surface area contributed by atoms with Crippen LogP contribution in [0.15, 0.2) is 30.6 Å². The fourth-order valence-corrected chi connectivity index (χ4v) is 0.313. The molecule has 1 N–H and O–H groups in total. The van der Waals surface area contributed by atoms with Gasteiger partial charge in [0.1, 0.15) is 0 Å². The number of nitrogens with zero attached hydrogens (tertiary/aromatic N) is 1. The van der Waals surface area contributed by atoms with E-state index in [-0.39, 0.29) is 0 Å². The average molecular weight is 179 g/mol. The van der Waals surface area contributed by atoms with Gasteiger partial charge in [-0.25, -0.2) is 4.39 Å². The summed E-state index contributed by atoms with van der Waals surface area (Å²) in [7, 11) is 0. The van der Waals surface area contributed by atoms with Crippen LogP contribution in [0, 0.1) is 0 Å². The molecule has 0 fully saturated rings. The summed E-state index contributed by atoms with van der Waals surface area (Å²) < 4.78 is 31.8. The summed E-state index contributed by atoms with van der Waals surface area (Å²) in [5, 5.41) is 7.12. The highest BCUT2D eigenvalue weighted by molar-refractivity contribution is 4.88. The molecule has 12 heavy (non-hydrogen) atoms. The Labute approximate surface area is 67.7 Å². The molecule has 0 aliphatic heterocycles. The molecule has 1 heterocycles. The first-order chi connectivity index (χ1) is 5.56. The SMILES string of the molecule is OC(F)(F)CF.c1ccncc1. The van der Waals surface area contributed by atoms with E-state index in [0.717, 1.165) is 0 Å². The van der Waals surface area contributed by atoms with Gasteiger partial charge in [-0.2, -0.15) is 8.78 Å². The van der Waals surface area contributed by atoms with Crippen LogP contribution in [-0.2, 0) is 0 Å². The van der Waals surface area contributed by atoms with Gasteiger partial charge in [-0.1, -0.05) is 6.07 Å². The van der Waals surface area contributed by atoms with Crippen molar-refractivity contribution in [3.05, 3.63) is 30.6 Å². The molecule has 0 amide bonds. The molecular weight excluding hydrogens is 171 g/mol. The fraction of sp³-hybridized carbons (Fsp3) is 0.286. The second kappa shape index (κ2) is 5.54. The number of alkyl halides is 3. The fourth-order valence-electron chi connectivity index (χ4n) is 0.313. The summed E-state index contributed by atoms with van der Waals surface area (Å²) in [4.78, 5) is 3.78. The molecule has 0 radical (unpaired) electrons. The van der Waals surface area contributed by atoms with Crippen molar-refractivity contribution in [2.45, 2.75) is 6.11 Å². The van der Waals surface area contributed by atoms with E-state index in [1.165, 1.54) is 0 Å².